The Morgan fingerprint density at radius 1 is 1.03 bits per heavy atom. The van der Waals surface area contributed by atoms with Crippen LogP contribution in [0.25, 0.3) is 21.9 Å². The summed E-state index contributed by atoms with van der Waals surface area (Å²) in [5, 5.41) is 15.3. The number of carboxylic acids is 1. The van der Waals surface area contributed by atoms with Crippen LogP contribution in [0.1, 0.15) is 28.9 Å². The summed E-state index contributed by atoms with van der Waals surface area (Å²) in [6, 6.07) is 23.6. The highest BCUT2D eigenvalue weighted by atomic mass is 35.5. The SMILES string of the molecule is C[C@@H](NCCOc1cc(C(=O)O)cc(-c2ccc(F)c(Cl)c2)c1)c1cccc2ccccc12. The third-order valence-corrected chi connectivity index (χ3v) is 5.81. The highest BCUT2D eigenvalue weighted by Crippen LogP contribution is 2.29. The zero-order valence-corrected chi connectivity index (χ0v) is 18.8. The van der Waals surface area contributed by atoms with Gasteiger partial charge in [0.25, 0.3) is 0 Å². The van der Waals surface area contributed by atoms with Gasteiger partial charge in [-0.2, -0.15) is 0 Å². The number of ether oxygens (including phenoxy) is 1. The van der Waals surface area contributed by atoms with Gasteiger partial charge in [-0.25, -0.2) is 9.18 Å². The fourth-order valence-electron chi connectivity index (χ4n) is 3.83. The van der Waals surface area contributed by atoms with Crippen molar-refractivity contribution in [1.29, 1.82) is 0 Å². The van der Waals surface area contributed by atoms with Gasteiger partial charge in [0.2, 0.25) is 0 Å². The molecule has 1 atom stereocenters. The quantitative estimate of drug-likeness (QED) is 0.284. The van der Waals surface area contributed by atoms with Crippen LogP contribution in [0.15, 0.2) is 78.9 Å². The van der Waals surface area contributed by atoms with E-state index in [1.807, 2.05) is 18.2 Å². The number of halogens is 2. The molecular formula is C27H23ClFNO3. The lowest BCUT2D eigenvalue weighted by Gasteiger charge is -2.17. The minimum atomic E-state index is -1.07. The molecular weight excluding hydrogens is 441 g/mol. The van der Waals surface area contributed by atoms with Crippen molar-refractivity contribution in [2.24, 2.45) is 0 Å². The number of rotatable bonds is 8. The highest BCUT2D eigenvalue weighted by Gasteiger charge is 2.12. The maximum Gasteiger partial charge on any atom is 0.335 e. The van der Waals surface area contributed by atoms with Crippen LogP contribution in [0.3, 0.4) is 0 Å². The van der Waals surface area contributed by atoms with Crippen LogP contribution in [0, 0.1) is 5.82 Å². The van der Waals surface area contributed by atoms with E-state index >= 15 is 0 Å². The zero-order valence-electron chi connectivity index (χ0n) is 18.0. The smallest absolute Gasteiger partial charge is 0.335 e. The summed E-state index contributed by atoms with van der Waals surface area (Å²) in [6.45, 7) is 3.02. The number of nitrogens with one attached hydrogen (secondary N) is 1. The first-order chi connectivity index (χ1) is 15.9. The molecule has 0 amide bonds. The summed E-state index contributed by atoms with van der Waals surface area (Å²) in [5.74, 6) is -1.18. The van der Waals surface area contributed by atoms with Gasteiger partial charge in [-0.05, 0) is 64.7 Å². The molecule has 0 aliphatic rings. The molecule has 0 spiro atoms. The molecule has 0 saturated heterocycles. The Bertz CT molecular complexity index is 1300. The molecule has 0 aliphatic heterocycles. The molecule has 0 bridgehead atoms. The zero-order chi connectivity index (χ0) is 23.4. The average molecular weight is 464 g/mol. The van der Waals surface area contributed by atoms with E-state index in [0.29, 0.717) is 30.0 Å². The van der Waals surface area contributed by atoms with Crippen LogP contribution in [-0.2, 0) is 0 Å². The summed E-state index contributed by atoms with van der Waals surface area (Å²) in [4.78, 5) is 11.6. The number of hydrogen-bond donors (Lipinski definition) is 2. The summed E-state index contributed by atoms with van der Waals surface area (Å²) in [5.41, 5.74) is 2.48. The molecule has 4 nitrogen and oxygen atoms in total. The van der Waals surface area contributed by atoms with Gasteiger partial charge in [-0.3, -0.25) is 0 Å². The second-order valence-corrected chi connectivity index (χ2v) is 8.18. The van der Waals surface area contributed by atoms with E-state index in [4.69, 9.17) is 16.3 Å². The van der Waals surface area contributed by atoms with Gasteiger partial charge in [0, 0.05) is 12.6 Å². The standard InChI is InChI=1S/C27H23ClFNO3/c1-17(23-8-4-6-18-5-2-3-7-24(18)23)30-11-12-33-22-14-20(13-21(15-22)27(31)32)19-9-10-26(29)25(28)16-19/h2-10,13-17,30H,11-12H2,1H3,(H,31,32)/t17-/m1/s1. The Hall–Kier alpha value is -3.41. The summed E-state index contributed by atoms with van der Waals surface area (Å²) >= 11 is 5.89. The molecule has 0 radical (unpaired) electrons. The van der Waals surface area contributed by atoms with Crippen LogP contribution < -0.4 is 10.1 Å². The fraction of sp³-hybridized carbons (Fsp3) is 0.148. The van der Waals surface area contributed by atoms with E-state index in [0.717, 1.165) is 0 Å². The van der Waals surface area contributed by atoms with Gasteiger partial charge in [0.05, 0.1) is 10.6 Å². The van der Waals surface area contributed by atoms with Crippen molar-refractivity contribution in [2.45, 2.75) is 13.0 Å². The Kier molecular flexibility index (Phi) is 6.92. The molecule has 0 saturated carbocycles. The second-order valence-electron chi connectivity index (χ2n) is 7.77. The minimum absolute atomic E-state index is 0.0256. The number of aromatic carboxylic acids is 1. The molecule has 6 heteroatoms. The Labute approximate surface area is 196 Å². The lowest BCUT2D eigenvalue weighted by molar-refractivity contribution is 0.0696. The normalized spacial score (nSPS) is 12.0. The van der Waals surface area contributed by atoms with Crippen molar-refractivity contribution in [3.8, 4) is 16.9 Å². The van der Waals surface area contributed by atoms with Gasteiger partial charge < -0.3 is 15.2 Å². The van der Waals surface area contributed by atoms with E-state index in [2.05, 4.69) is 36.5 Å². The molecule has 2 N–H and O–H groups in total. The molecule has 0 aliphatic carbocycles. The average Bonchev–Trinajstić information content (AvgIpc) is 2.82. The third kappa shape index (κ3) is 5.33. The maximum absolute atomic E-state index is 13.5. The topological polar surface area (TPSA) is 58.6 Å². The Morgan fingerprint density at radius 3 is 2.61 bits per heavy atom. The van der Waals surface area contributed by atoms with E-state index in [1.165, 1.54) is 40.6 Å². The minimum Gasteiger partial charge on any atom is -0.492 e. The van der Waals surface area contributed by atoms with Crippen LogP contribution in [0.2, 0.25) is 5.02 Å². The molecule has 0 aromatic heterocycles. The van der Waals surface area contributed by atoms with Gasteiger partial charge >= 0.3 is 5.97 Å². The van der Waals surface area contributed by atoms with Crippen LogP contribution in [0.5, 0.6) is 5.75 Å². The predicted molar refractivity (Wildman–Crippen MR) is 130 cm³/mol. The van der Waals surface area contributed by atoms with Crippen molar-refractivity contribution in [3.63, 3.8) is 0 Å². The molecule has 0 unspecified atom stereocenters. The number of fused-ring (bicyclic) bond motifs is 1. The first-order valence-electron chi connectivity index (χ1n) is 10.6. The van der Waals surface area contributed by atoms with E-state index in [-0.39, 0.29) is 16.6 Å². The molecule has 33 heavy (non-hydrogen) atoms. The second kappa shape index (κ2) is 10.0. The number of carbonyl (C=O) groups is 1. The highest BCUT2D eigenvalue weighted by molar-refractivity contribution is 6.31. The first-order valence-corrected chi connectivity index (χ1v) is 11.0. The number of benzene rings is 4. The van der Waals surface area contributed by atoms with Crippen LogP contribution >= 0.6 is 11.6 Å². The molecule has 168 valence electrons. The molecule has 4 aromatic carbocycles. The van der Waals surface area contributed by atoms with E-state index in [1.54, 1.807) is 12.1 Å². The first kappa shape index (κ1) is 22.8. The molecule has 0 fully saturated rings. The third-order valence-electron chi connectivity index (χ3n) is 5.52. The Morgan fingerprint density at radius 2 is 1.82 bits per heavy atom. The van der Waals surface area contributed by atoms with Crippen LogP contribution in [-0.4, -0.2) is 24.2 Å². The van der Waals surface area contributed by atoms with Crippen molar-refractivity contribution in [1.82, 2.24) is 5.32 Å². The van der Waals surface area contributed by atoms with E-state index in [9.17, 15) is 14.3 Å². The largest absolute Gasteiger partial charge is 0.492 e. The number of hydrogen-bond acceptors (Lipinski definition) is 3. The Balaban J connectivity index is 1.45. The molecule has 4 rings (SSSR count). The van der Waals surface area contributed by atoms with Gasteiger partial charge in [-0.1, -0.05) is 60.1 Å². The van der Waals surface area contributed by atoms with Crippen molar-refractivity contribution < 1.29 is 19.0 Å². The van der Waals surface area contributed by atoms with Crippen LogP contribution in [0.4, 0.5) is 4.39 Å². The van der Waals surface area contributed by atoms with Gasteiger partial charge in [0.15, 0.2) is 0 Å². The van der Waals surface area contributed by atoms with Gasteiger partial charge in [-0.15, -0.1) is 0 Å². The molecule has 4 aromatic rings. The van der Waals surface area contributed by atoms with Crippen molar-refractivity contribution in [2.75, 3.05) is 13.2 Å². The molecule has 0 heterocycles. The van der Waals surface area contributed by atoms with Crippen molar-refractivity contribution >= 4 is 28.3 Å². The van der Waals surface area contributed by atoms with Crippen molar-refractivity contribution in [3.05, 3.63) is 101 Å². The lowest BCUT2D eigenvalue weighted by atomic mass is 10.00. The monoisotopic (exact) mass is 463 g/mol. The summed E-state index contributed by atoms with van der Waals surface area (Å²) < 4.78 is 19.4. The lowest BCUT2D eigenvalue weighted by Crippen LogP contribution is -2.24. The summed E-state index contributed by atoms with van der Waals surface area (Å²) in [6.07, 6.45) is 0. The number of carboxylic acid groups (broad SMARTS) is 1. The summed E-state index contributed by atoms with van der Waals surface area (Å²) in [7, 11) is 0. The fourth-order valence-corrected chi connectivity index (χ4v) is 4.01. The maximum atomic E-state index is 13.5. The predicted octanol–water partition coefficient (Wildman–Crippen LogP) is 6.73. The van der Waals surface area contributed by atoms with Gasteiger partial charge in [0.1, 0.15) is 18.2 Å². The van der Waals surface area contributed by atoms with E-state index < -0.39 is 11.8 Å².